The Balaban J connectivity index is 1.52. The first kappa shape index (κ1) is 16.3. The van der Waals surface area contributed by atoms with Crippen molar-refractivity contribution in [1.82, 2.24) is 14.9 Å². The van der Waals surface area contributed by atoms with E-state index in [4.69, 9.17) is 11.6 Å². The molecule has 1 aromatic heterocycles. The third-order valence-corrected chi connectivity index (χ3v) is 4.29. The van der Waals surface area contributed by atoms with Gasteiger partial charge in [0.2, 0.25) is 5.91 Å². The van der Waals surface area contributed by atoms with E-state index in [0.717, 1.165) is 16.6 Å². The van der Waals surface area contributed by atoms with Crippen LogP contribution in [0.3, 0.4) is 0 Å². The number of amides is 1. The molecule has 0 bridgehead atoms. The molecule has 0 aliphatic heterocycles. The SMILES string of the molecule is O=C(CCc1ccccc1Cl)NCCn1c(=O)[nH]c2ccccc21. The van der Waals surface area contributed by atoms with Crippen molar-refractivity contribution in [2.24, 2.45) is 0 Å². The highest BCUT2D eigenvalue weighted by molar-refractivity contribution is 6.31. The van der Waals surface area contributed by atoms with Crippen LogP contribution in [0.1, 0.15) is 12.0 Å². The lowest BCUT2D eigenvalue weighted by Gasteiger charge is -2.07. The van der Waals surface area contributed by atoms with Crippen LogP contribution in [0.5, 0.6) is 0 Å². The minimum Gasteiger partial charge on any atom is -0.354 e. The standard InChI is InChI=1S/C18H18ClN3O2/c19-14-6-2-1-5-13(14)9-10-17(23)20-11-12-22-16-8-4-3-7-15(16)21-18(22)24/h1-8H,9-12H2,(H,20,23)(H,21,24). The molecule has 0 aliphatic rings. The van der Waals surface area contributed by atoms with Crippen LogP contribution in [-0.4, -0.2) is 22.0 Å². The van der Waals surface area contributed by atoms with Crippen molar-refractivity contribution in [1.29, 1.82) is 0 Å². The number of halogens is 1. The number of hydrogen-bond acceptors (Lipinski definition) is 2. The van der Waals surface area contributed by atoms with Crippen molar-refractivity contribution in [3.8, 4) is 0 Å². The maximum absolute atomic E-state index is 12.0. The molecule has 6 heteroatoms. The number of aryl methyl sites for hydroxylation is 1. The average molecular weight is 344 g/mol. The van der Waals surface area contributed by atoms with Crippen LogP contribution in [-0.2, 0) is 17.8 Å². The van der Waals surface area contributed by atoms with Crippen molar-refractivity contribution in [3.63, 3.8) is 0 Å². The fourth-order valence-electron chi connectivity index (χ4n) is 2.67. The lowest BCUT2D eigenvalue weighted by molar-refractivity contribution is -0.121. The number of aromatic amines is 1. The molecule has 0 saturated carbocycles. The largest absolute Gasteiger partial charge is 0.354 e. The number of nitrogens with one attached hydrogen (secondary N) is 2. The van der Waals surface area contributed by atoms with Crippen LogP contribution < -0.4 is 11.0 Å². The number of carbonyl (C=O) groups excluding carboxylic acids is 1. The van der Waals surface area contributed by atoms with E-state index in [2.05, 4.69) is 10.3 Å². The van der Waals surface area contributed by atoms with E-state index in [-0.39, 0.29) is 11.6 Å². The second kappa shape index (κ2) is 7.36. The highest BCUT2D eigenvalue weighted by Gasteiger charge is 2.07. The number of aromatic nitrogens is 2. The van der Waals surface area contributed by atoms with Crippen molar-refractivity contribution in [2.75, 3.05) is 6.54 Å². The summed E-state index contributed by atoms with van der Waals surface area (Å²) in [6.07, 6.45) is 0.963. The lowest BCUT2D eigenvalue weighted by atomic mass is 10.1. The van der Waals surface area contributed by atoms with E-state index in [1.165, 1.54) is 0 Å². The Hall–Kier alpha value is -2.53. The molecule has 0 saturated heterocycles. The second-order valence-corrected chi connectivity index (χ2v) is 5.95. The Kier molecular flexibility index (Phi) is 5.01. The highest BCUT2D eigenvalue weighted by Crippen LogP contribution is 2.16. The normalized spacial score (nSPS) is 10.9. The molecule has 3 rings (SSSR count). The number of hydrogen-bond donors (Lipinski definition) is 2. The number of imidazole rings is 1. The van der Waals surface area contributed by atoms with Gasteiger partial charge in [-0.25, -0.2) is 4.79 Å². The van der Waals surface area contributed by atoms with E-state index in [1.807, 2.05) is 48.5 Å². The van der Waals surface area contributed by atoms with E-state index in [0.29, 0.717) is 31.0 Å². The monoisotopic (exact) mass is 343 g/mol. The van der Waals surface area contributed by atoms with Gasteiger partial charge in [-0.05, 0) is 30.2 Å². The Morgan fingerprint density at radius 2 is 1.88 bits per heavy atom. The molecule has 2 aromatic carbocycles. The van der Waals surface area contributed by atoms with E-state index in [1.54, 1.807) is 4.57 Å². The fraction of sp³-hybridized carbons (Fsp3) is 0.222. The molecule has 1 heterocycles. The first-order valence-electron chi connectivity index (χ1n) is 7.83. The Morgan fingerprint density at radius 1 is 1.12 bits per heavy atom. The molecule has 3 aromatic rings. The summed E-state index contributed by atoms with van der Waals surface area (Å²) in [6.45, 7) is 0.837. The third kappa shape index (κ3) is 3.68. The van der Waals surface area contributed by atoms with Crippen molar-refractivity contribution >= 4 is 28.5 Å². The van der Waals surface area contributed by atoms with Crippen LogP contribution in [0.2, 0.25) is 5.02 Å². The van der Waals surface area contributed by atoms with Gasteiger partial charge in [0.25, 0.3) is 0 Å². The van der Waals surface area contributed by atoms with Crippen LogP contribution in [0.15, 0.2) is 53.3 Å². The van der Waals surface area contributed by atoms with Gasteiger partial charge in [0.15, 0.2) is 0 Å². The van der Waals surface area contributed by atoms with Crippen LogP contribution in [0.4, 0.5) is 0 Å². The molecule has 0 spiro atoms. The summed E-state index contributed by atoms with van der Waals surface area (Å²) in [5.41, 5.74) is 2.43. The number of nitrogens with zero attached hydrogens (tertiary/aromatic N) is 1. The van der Waals surface area contributed by atoms with Gasteiger partial charge in [-0.3, -0.25) is 9.36 Å². The zero-order chi connectivity index (χ0) is 16.9. The predicted molar refractivity (Wildman–Crippen MR) is 95.3 cm³/mol. The Bertz CT molecular complexity index is 914. The molecule has 0 unspecified atom stereocenters. The van der Waals surface area contributed by atoms with E-state index < -0.39 is 0 Å². The molecule has 0 radical (unpaired) electrons. The number of benzene rings is 2. The van der Waals surface area contributed by atoms with E-state index in [9.17, 15) is 9.59 Å². The first-order valence-corrected chi connectivity index (χ1v) is 8.20. The molecular weight excluding hydrogens is 326 g/mol. The summed E-state index contributed by atoms with van der Waals surface area (Å²) >= 11 is 6.08. The van der Waals surface area contributed by atoms with Gasteiger partial charge in [-0.1, -0.05) is 41.9 Å². The molecular formula is C18H18ClN3O2. The number of para-hydroxylation sites is 2. The quantitative estimate of drug-likeness (QED) is 0.722. The van der Waals surface area contributed by atoms with Gasteiger partial charge in [-0.2, -0.15) is 0 Å². The second-order valence-electron chi connectivity index (χ2n) is 5.54. The van der Waals surface area contributed by atoms with Crippen LogP contribution >= 0.6 is 11.6 Å². The molecule has 1 amide bonds. The van der Waals surface area contributed by atoms with Gasteiger partial charge in [0, 0.05) is 24.5 Å². The number of H-pyrrole nitrogens is 1. The fourth-order valence-corrected chi connectivity index (χ4v) is 2.90. The summed E-state index contributed by atoms with van der Waals surface area (Å²) < 4.78 is 1.63. The van der Waals surface area contributed by atoms with Crippen molar-refractivity contribution < 1.29 is 4.79 Å². The Morgan fingerprint density at radius 3 is 2.71 bits per heavy atom. The Labute approximate surface area is 144 Å². The summed E-state index contributed by atoms with van der Waals surface area (Å²) in [6, 6.07) is 15.0. The molecule has 24 heavy (non-hydrogen) atoms. The minimum absolute atomic E-state index is 0.0530. The maximum Gasteiger partial charge on any atom is 0.326 e. The summed E-state index contributed by atoms with van der Waals surface area (Å²) in [7, 11) is 0. The van der Waals surface area contributed by atoms with Crippen molar-refractivity contribution in [2.45, 2.75) is 19.4 Å². The van der Waals surface area contributed by atoms with Gasteiger partial charge in [-0.15, -0.1) is 0 Å². The summed E-state index contributed by atoms with van der Waals surface area (Å²) in [5.74, 6) is -0.0530. The van der Waals surface area contributed by atoms with Gasteiger partial charge < -0.3 is 10.3 Å². The van der Waals surface area contributed by atoms with E-state index >= 15 is 0 Å². The third-order valence-electron chi connectivity index (χ3n) is 3.92. The summed E-state index contributed by atoms with van der Waals surface area (Å²) in [4.78, 5) is 26.7. The number of rotatable bonds is 6. The van der Waals surface area contributed by atoms with Gasteiger partial charge in [0.1, 0.15) is 0 Å². The summed E-state index contributed by atoms with van der Waals surface area (Å²) in [5, 5.41) is 3.52. The maximum atomic E-state index is 12.0. The van der Waals surface area contributed by atoms with Crippen LogP contribution in [0.25, 0.3) is 11.0 Å². The van der Waals surface area contributed by atoms with Gasteiger partial charge in [0.05, 0.1) is 11.0 Å². The topological polar surface area (TPSA) is 66.9 Å². The predicted octanol–water partition coefficient (Wildman–Crippen LogP) is 2.73. The minimum atomic E-state index is -0.165. The number of fused-ring (bicyclic) bond motifs is 1. The zero-order valence-corrected chi connectivity index (χ0v) is 13.8. The average Bonchev–Trinajstić information content (AvgIpc) is 2.90. The molecule has 2 N–H and O–H groups in total. The smallest absolute Gasteiger partial charge is 0.326 e. The molecule has 0 atom stereocenters. The van der Waals surface area contributed by atoms with Crippen molar-refractivity contribution in [3.05, 3.63) is 69.6 Å². The highest BCUT2D eigenvalue weighted by atomic mass is 35.5. The van der Waals surface area contributed by atoms with Crippen LogP contribution in [0, 0.1) is 0 Å². The molecule has 0 aliphatic carbocycles. The lowest BCUT2D eigenvalue weighted by Crippen LogP contribution is -2.30. The molecule has 0 fully saturated rings. The first-order chi connectivity index (χ1) is 11.6. The molecule has 5 nitrogen and oxygen atoms in total. The molecule has 124 valence electrons. The van der Waals surface area contributed by atoms with Gasteiger partial charge >= 0.3 is 5.69 Å². The zero-order valence-electron chi connectivity index (χ0n) is 13.1. The number of carbonyl (C=O) groups is 1.